The predicted octanol–water partition coefficient (Wildman–Crippen LogP) is 1.45. The Labute approximate surface area is 68.6 Å². The number of nitrogens with two attached hydrogens (primary N) is 1. The summed E-state index contributed by atoms with van der Waals surface area (Å²) in [5.74, 6) is -0.112. The second-order valence-electron chi connectivity index (χ2n) is 2.09. The van der Waals surface area contributed by atoms with Crippen molar-refractivity contribution in [2.75, 3.05) is 0 Å². The summed E-state index contributed by atoms with van der Waals surface area (Å²) in [6, 6.07) is 0. The minimum atomic E-state index is -0.344. The molecular formula is C7H17NOS. The van der Waals surface area contributed by atoms with E-state index in [1.165, 1.54) is 0 Å². The molecule has 0 aromatic rings. The predicted molar refractivity (Wildman–Crippen MR) is 48.2 cm³/mol. The molecule has 0 saturated heterocycles. The van der Waals surface area contributed by atoms with Gasteiger partial charge in [0.25, 0.3) is 0 Å². The molecule has 0 aromatic heterocycles. The Morgan fingerprint density at radius 2 is 1.70 bits per heavy atom. The zero-order valence-corrected chi connectivity index (χ0v) is 7.98. The van der Waals surface area contributed by atoms with Crippen LogP contribution in [0.4, 0.5) is 0 Å². The van der Waals surface area contributed by atoms with Gasteiger partial charge in [-0.2, -0.15) is 12.6 Å². The van der Waals surface area contributed by atoms with Gasteiger partial charge in [0.2, 0.25) is 5.91 Å². The molecule has 3 heteroatoms. The van der Waals surface area contributed by atoms with Crippen LogP contribution in [0.25, 0.3) is 0 Å². The molecule has 0 aliphatic heterocycles. The van der Waals surface area contributed by atoms with E-state index in [9.17, 15) is 4.79 Å². The number of carbonyl (C=O) groups excluding carboxylic acids is 1. The van der Waals surface area contributed by atoms with Gasteiger partial charge in [0.15, 0.2) is 0 Å². The fourth-order valence-electron chi connectivity index (χ4n) is 0.329. The van der Waals surface area contributed by atoms with E-state index in [1.807, 2.05) is 27.7 Å². The van der Waals surface area contributed by atoms with Crippen molar-refractivity contribution in [3.63, 3.8) is 0 Å². The largest absolute Gasteiger partial charge is 0.369 e. The van der Waals surface area contributed by atoms with Gasteiger partial charge in [-0.3, -0.25) is 4.79 Å². The zero-order valence-electron chi connectivity index (χ0n) is 7.09. The van der Waals surface area contributed by atoms with Gasteiger partial charge < -0.3 is 5.73 Å². The Morgan fingerprint density at radius 3 is 1.70 bits per heavy atom. The maximum atomic E-state index is 10.3. The van der Waals surface area contributed by atoms with Crippen molar-refractivity contribution in [1.82, 2.24) is 0 Å². The van der Waals surface area contributed by atoms with Crippen molar-refractivity contribution in [3.05, 3.63) is 0 Å². The first-order chi connectivity index (χ1) is 4.55. The molecule has 0 bridgehead atoms. The summed E-state index contributed by atoms with van der Waals surface area (Å²) < 4.78 is 0. The standard InChI is InChI=1S/C5H11NOS.C2H6/c1-3(2)4(8)5(6)7;1-2/h3-4,8H,1-2H3,(H2,6,7);1-2H3. The maximum Gasteiger partial charge on any atom is 0.230 e. The molecule has 0 aromatic carbocycles. The van der Waals surface area contributed by atoms with Crippen LogP contribution in [-0.4, -0.2) is 11.2 Å². The fourth-order valence-corrected chi connectivity index (χ4v) is 0.329. The number of hydrogen-bond acceptors (Lipinski definition) is 2. The lowest BCUT2D eigenvalue weighted by Crippen LogP contribution is -2.27. The SMILES string of the molecule is CC.CC(C)C(S)C(N)=O. The fraction of sp³-hybridized carbons (Fsp3) is 0.857. The molecule has 62 valence electrons. The first-order valence-corrected chi connectivity index (χ1v) is 4.04. The van der Waals surface area contributed by atoms with Crippen molar-refractivity contribution in [1.29, 1.82) is 0 Å². The highest BCUT2D eigenvalue weighted by atomic mass is 32.1. The molecule has 0 heterocycles. The molecule has 0 aliphatic rings. The molecule has 2 nitrogen and oxygen atoms in total. The summed E-state index contributed by atoms with van der Waals surface area (Å²) in [4.78, 5) is 10.3. The van der Waals surface area contributed by atoms with Gasteiger partial charge in [0, 0.05) is 0 Å². The number of thiol groups is 1. The molecule has 1 unspecified atom stereocenters. The minimum absolute atomic E-state index is 0.232. The van der Waals surface area contributed by atoms with Crippen molar-refractivity contribution < 1.29 is 4.79 Å². The van der Waals surface area contributed by atoms with Gasteiger partial charge in [-0.1, -0.05) is 27.7 Å². The summed E-state index contributed by atoms with van der Waals surface area (Å²) in [5.41, 5.74) is 4.92. The molecule has 1 amide bonds. The topological polar surface area (TPSA) is 43.1 Å². The molecule has 10 heavy (non-hydrogen) atoms. The first-order valence-electron chi connectivity index (χ1n) is 3.53. The normalized spacial score (nSPS) is 11.8. The van der Waals surface area contributed by atoms with Crippen LogP contribution in [0.15, 0.2) is 0 Å². The molecule has 0 saturated carbocycles. The van der Waals surface area contributed by atoms with Crippen LogP contribution in [0.5, 0.6) is 0 Å². The van der Waals surface area contributed by atoms with Gasteiger partial charge in [0.1, 0.15) is 0 Å². The monoisotopic (exact) mass is 163 g/mol. The van der Waals surface area contributed by atoms with Crippen molar-refractivity contribution >= 4 is 18.5 Å². The van der Waals surface area contributed by atoms with Gasteiger partial charge in [-0.05, 0) is 5.92 Å². The summed E-state index contributed by atoms with van der Waals surface area (Å²) in [6.07, 6.45) is 0. The Kier molecular flexibility index (Phi) is 8.66. The highest BCUT2D eigenvalue weighted by Gasteiger charge is 2.12. The lowest BCUT2D eigenvalue weighted by atomic mass is 10.1. The Morgan fingerprint density at radius 1 is 1.40 bits per heavy atom. The summed E-state index contributed by atoms with van der Waals surface area (Å²) in [7, 11) is 0. The summed E-state index contributed by atoms with van der Waals surface area (Å²) in [6.45, 7) is 7.81. The van der Waals surface area contributed by atoms with Crippen LogP contribution in [0.2, 0.25) is 0 Å². The Balaban J connectivity index is 0. The molecule has 0 radical (unpaired) electrons. The maximum absolute atomic E-state index is 10.3. The average molecular weight is 163 g/mol. The molecular weight excluding hydrogens is 146 g/mol. The van der Waals surface area contributed by atoms with Crippen LogP contribution in [-0.2, 0) is 4.79 Å². The van der Waals surface area contributed by atoms with Crippen molar-refractivity contribution in [2.45, 2.75) is 32.9 Å². The Hall–Kier alpha value is -0.180. The molecule has 2 N–H and O–H groups in total. The lowest BCUT2D eigenvalue weighted by Gasteiger charge is -2.08. The quantitative estimate of drug-likeness (QED) is 0.595. The van der Waals surface area contributed by atoms with E-state index >= 15 is 0 Å². The molecule has 0 rings (SSSR count). The van der Waals surface area contributed by atoms with Crippen LogP contribution in [0.3, 0.4) is 0 Å². The molecule has 0 aliphatic carbocycles. The number of amides is 1. The number of rotatable bonds is 2. The van der Waals surface area contributed by atoms with Crippen LogP contribution in [0.1, 0.15) is 27.7 Å². The molecule has 1 atom stereocenters. The van der Waals surface area contributed by atoms with Crippen LogP contribution in [0, 0.1) is 5.92 Å². The van der Waals surface area contributed by atoms with E-state index in [2.05, 4.69) is 12.6 Å². The van der Waals surface area contributed by atoms with E-state index in [1.54, 1.807) is 0 Å². The van der Waals surface area contributed by atoms with Gasteiger partial charge >= 0.3 is 0 Å². The molecule has 0 fully saturated rings. The van der Waals surface area contributed by atoms with E-state index < -0.39 is 0 Å². The van der Waals surface area contributed by atoms with E-state index in [-0.39, 0.29) is 17.1 Å². The first kappa shape index (κ1) is 12.5. The number of carbonyl (C=O) groups is 1. The van der Waals surface area contributed by atoms with E-state index in [4.69, 9.17) is 5.73 Å². The van der Waals surface area contributed by atoms with Gasteiger partial charge in [0.05, 0.1) is 5.25 Å². The highest BCUT2D eigenvalue weighted by Crippen LogP contribution is 2.06. The lowest BCUT2D eigenvalue weighted by molar-refractivity contribution is -0.118. The third-order valence-electron chi connectivity index (χ3n) is 0.923. The zero-order chi connectivity index (χ0) is 8.73. The highest BCUT2D eigenvalue weighted by molar-refractivity contribution is 7.81. The van der Waals surface area contributed by atoms with Crippen LogP contribution < -0.4 is 5.73 Å². The summed E-state index contributed by atoms with van der Waals surface area (Å²) >= 11 is 3.95. The van der Waals surface area contributed by atoms with Gasteiger partial charge in [-0.15, -0.1) is 0 Å². The number of primary amides is 1. The third kappa shape index (κ3) is 5.95. The summed E-state index contributed by atoms with van der Waals surface area (Å²) in [5, 5.41) is -0.296. The average Bonchev–Trinajstić information content (AvgIpc) is 1.90. The van der Waals surface area contributed by atoms with Gasteiger partial charge in [-0.25, -0.2) is 0 Å². The van der Waals surface area contributed by atoms with E-state index in [0.29, 0.717) is 0 Å². The minimum Gasteiger partial charge on any atom is -0.369 e. The van der Waals surface area contributed by atoms with E-state index in [0.717, 1.165) is 0 Å². The third-order valence-corrected chi connectivity index (χ3v) is 1.77. The second-order valence-corrected chi connectivity index (χ2v) is 2.65. The van der Waals surface area contributed by atoms with Crippen molar-refractivity contribution in [2.24, 2.45) is 11.7 Å². The number of hydrogen-bond donors (Lipinski definition) is 2. The van der Waals surface area contributed by atoms with Crippen molar-refractivity contribution in [3.8, 4) is 0 Å². The smallest absolute Gasteiger partial charge is 0.230 e. The van der Waals surface area contributed by atoms with Crippen LogP contribution >= 0.6 is 12.6 Å². The second kappa shape index (κ2) is 6.93. The Bertz CT molecular complexity index is 93.6. The molecule has 0 spiro atoms.